The van der Waals surface area contributed by atoms with Crippen LogP contribution in [0.25, 0.3) is 0 Å². The highest BCUT2D eigenvalue weighted by molar-refractivity contribution is 6.05. The van der Waals surface area contributed by atoms with Crippen molar-refractivity contribution >= 4 is 53.2 Å². The fourth-order valence-electron chi connectivity index (χ4n) is 11.5. The summed E-state index contributed by atoms with van der Waals surface area (Å²) in [5, 5.41) is 26.7. The lowest BCUT2D eigenvalue weighted by Gasteiger charge is -2.36. The number of nitrogens with one attached hydrogen (secondary N) is 9. The molecule has 0 saturated carbocycles. The third-order valence-electron chi connectivity index (χ3n) is 16.4. The van der Waals surface area contributed by atoms with E-state index in [2.05, 4.69) is 47.9 Å². The first-order chi connectivity index (χ1) is 38.8. The lowest BCUT2D eigenvalue weighted by molar-refractivity contribution is -0.144. The van der Waals surface area contributed by atoms with Gasteiger partial charge in [-0.1, -0.05) is 90.1 Å². The molecule has 21 nitrogen and oxygen atoms in total. The van der Waals surface area contributed by atoms with E-state index in [0.29, 0.717) is 12.8 Å². The number of carbonyl (C=O) groups is 9. The Morgan fingerprint density at radius 2 is 0.939 bits per heavy atom. The van der Waals surface area contributed by atoms with Crippen molar-refractivity contribution in [3.8, 4) is 0 Å². The first-order valence-electron chi connectivity index (χ1n) is 28.9. The van der Waals surface area contributed by atoms with Gasteiger partial charge in [0, 0.05) is 55.0 Å². The van der Waals surface area contributed by atoms with Crippen molar-refractivity contribution in [3.63, 3.8) is 0 Å². The molecule has 2 aliphatic carbocycles. The van der Waals surface area contributed by atoms with Crippen molar-refractivity contribution in [2.45, 2.75) is 167 Å². The smallest absolute Gasteiger partial charge is 0.251 e. The maximum Gasteiger partial charge on any atom is 0.251 e. The monoisotopic (exact) mass is 1130 g/mol. The minimum absolute atomic E-state index is 0.00655. The van der Waals surface area contributed by atoms with Gasteiger partial charge in [-0.05, 0) is 131 Å². The van der Waals surface area contributed by atoms with Crippen LogP contribution in [0.4, 0.5) is 0 Å². The van der Waals surface area contributed by atoms with Gasteiger partial charge in [-0.25, -0.2) is 0 Å². The average Bonchev–Trinajstić information content (AvgIpc) is 4.25. The molecule has 2 heterocycles. The number of nitrogens with zero attached hydrogens (tertiary/aromatic N) is 2. The largest absolute Gasteiger partial charge is 0.351 e. The summed E-state index contributed by atoms with van der Waals surface area (Å²) in [7, 11) is 3.27. The molecule has 11 N–H and O–H groups in total. The highest BCUT2D eigenvalue weighted by atomic mass is 16.2. The van der Waals surface area contributed by atoms with Gasteiger partial charge < -0.3 is 63.4 Å². The van der Waals surface area contributed by atoms with E-state index >= 15 is 0 Å². The van der Waals surface area contributed by atoms with Crippen LogP contribution in [0.2, 0.25) is 0 Å². The minimum Gasteiger partial charge on any atom is -0.351 e. The normalized spacial score (nSPS) is 22.0. The Balaban J connectivity index is 1.16. The van der Waals surface area contributed by atoms with E-state index in [0.717, 1.165) is 47.9 Å². The van der Waals surface area contributed by atoms with Gasteiger partial charge in [0.15, 0.2) is 0 Å². The SMILES string of the molecule is CN[C@@H](C)C(=O)N[C@H](C(=O)N1C[C@@H](NC(=O)c2cc(C(=O)NCCN)cc(C(=O)N[C@H]3C[C@@H](C(=O)N[C@@H]4CCCc5ccccc54)N(C(=O)[C@@H](NC(=O)[C@H](C)NC)C(C)(C)C)C3)c2)C[C@H]1C(=O)N[C@@H]1CCCc2ccccc21)C(C)(C)C. The van der Waals surface area contributed by atoms with Crippen molar-refractivity contribution in [2.75, 3.05) is 40.3 Å². The van der Waals surface area contributed by atoms with Crippen molar-refractivity contribution in [1.29, 1.82) is 0 Å². The van der Waals surface area contributed by atoms with Crippen LogP contribution in [0.5, 0.6) is 0 Å². The molecule has 4 aliphatic rings. The summed E-state index contributed by atoms with van der Waals surface area (Å²) in [6.45, 7) is 14.2. The van der Waals surface area contributed by atoms with Gasteiger partial charge in [0.2, 0.25) is 35.4 Å². The molecule has 82 heavy (non-hydrogen) atoms. The molecule has 9 amide bonds. The molecule has 444 valence electrons. The zero-order valence-corrected chi connectivity index (χ0v) is 49.3. The van der Waals surface area contributed by atoms with Gasteiger partial charge in [-0.2, -0.15) is 0 Å². The Hall–Kier alpha value is -7.23. The molecular formula is C61H86N12O9. The van der Waals surface area contributed by atoms with E-state index in [9.17, 15) is 43.2 Å². The van der Waals surface area contributed by atoms with E-state index < -0.39 is 112 Å². The fourth-order valence-corrected chi connectivity index (χ4v) is 11.5. The van der Waals surface area contributed by atoms with E-state index in [1.807, 2.05) is 90.1 Å². The number of amides is 9. The minimum atomic E-state index is -1.06. The molecule has 0 bridgehead atoms. The van der Waals surface area contributed by atoms with Crippen LogP contribution in [-0.4, -0.2) is 152 Å². The Labute approximate surface area is 481 Å². The molecule has 0 radical (unpaired) electrons. The number of hydrogen-bond donors (Lipinski definition) is 10. The van der Waals surface area contributed by atoms with Gasteiger partial charge >= 0.3 is 0 Å². The Bertz CT molecular complexity index is 2700. The first-order valence-corrected chi connectivity index (χ1v) is 28.9. The molecule has 2 fully saturated rings. The number of likely N-dealkylation sites (N-methyl/N-ethyl adjacent to an activating group) is 2. The number of rotatable bonds is 19. The summed E-state index contributed by atoms with van der Waals surface area (Å²) in [5.74, 6) is -4.67. The molecule has 2 aliphatic heterocycles. The number of nitrogens with two attached hydrogens (primary N) is 1. The number of benzene rings is 3. The highest BCUT2D eigenvalue weighted by Crippen LogP contribution is 2.34. The number of carbonyl (C=O) groups excluding carboxylic acids is 9. The Kier molecular flexibility index (Phi) is 20.4. The molecule has 0 unspecified atom stereocenters. The Morgan fingerprint density at radius 3 is 1.30 bits per heavy atom. The third-order valence-corrected chi connectivity index (χ3v) is 16.4. The van der Waals surface area contributed by atoms with Crippen LogP contribution < -0.4 is 53.6 Å². The van der Waals surface area contributed by atoms with Crippen molar-refractivity contribution in [1.82, 2.24) is 57.7 Å². The predicted octanol–water partition coefficient (Wildman–Crippen LogP) is 2.44. The molecule has 21 heteroatoms. The summed E-state index contributed by atoms with van der Waals surface area (Å²) >= 11 is 0. The average molecular weight is 1130 g/mol. The van der Waals surface area contributed by atoms with Crippen LogP contribution in [-0.2, 0) is 41.6 Å². The van der Waals surface area contributed by atoms with E-state index in [1.54, 1.807) is 27.9 Å². The molecule has 3 aromatic carbocycles. The second kappa shape index (κ2) is 26.8. The predicted molar refractivity (Wildman–Crippen MR) is 311 cm³/mol. The van der Waals surface area contributed by atoms with Crippen LogP contribution in [0.1, 0.15) is 159 Å². The molecule has 10 atom stereocenters. The number of hydrogen-bond acceptors (Lipinski definition) is 12. The topological polar surface area (TPSA) is 294 Å². The number of aryl methyl sites for hydroxylation is 2. The first kappa shape index (κ1) is 62.4. The summed E-state index contributed by atoms with van der Waals surface area (Å²) in [4.78, 5) is 131. The number of fused-ring (bicyclic) bond motifs is 2. The van der Waals surface area contributed by atoms with E-state index in [4.69, 9.17) is 5.73 Å². The maximum atomic E-state index is 14.9. The lowest BCUT2D eigenvalue weighted by Crippen LogP contribution is -2.59. The lowest BCUT2D eigenvalue weighted by atomic mass is 9.85. The zero-order chi connectivity index (χ0) is 59.8. The summed E-state index contributed by atoms with van der Waals surface area (Å²) < 4.78 is 0. The molecule has 3 aromatic rings. The van der Waals surface area contributed by atoms with Crippen LogP contribution in [0, 0.1) is 10.8 Å². The van der Waals surface area contributed by atoms with Gasteiger partial charge in [0.05, 0.1) is 24.2 Å². The van der Waals surface area contributed by atoms with Crippen LogP contribution in [0.15, 0.2) is 66.7 Å². The second-order valence-corrected chi connectivity index (χ2v) is 24.6. The standard InChI is InChI=1S/C61H86N12O9/c1-34(63-9)51(74)70-49(60(3,4)5)58(81)72-32-41(30-47(72)56(79)68-45-23-15-19-36-17-11-13-21-43(36)45)66-54(77)39-27-38(53(76)65-26-25-62)28-40(29-39)55(78)67-42-31-48(57(80)69-46-24-16-20-37-18-12-14-22-44(37)46)73(33-42)59(82)50(61(6,7)8)71-52(75)35(2)64-10/h11-14,17-18,21-22,27-29,34-35,41-42,45-50,63-64H,15-16,19-20,23-26,30-33,62H2,1-10H3,(H,65,76)(H,66,77)(H,67,78)(H,68,79)(H,69,80)(H,70,74)(H,71,75)/t34-,35-,41-,42-,45+,46+,47-,48-,49+,50+/m0/s1. The van der Waals surface area contributed by atoms with Crippen molar-refractivity contribution in [3.05, 3.63) is 106 Å². The van der Waals surface area contributed by atoms with Crippen LogP contribution in [0.3, 0.4) is 0 Å². The van der Waals surface area contributed by atoms with E-state index in [1.165, 1.54) is 28.0 Å². The quantitative estimate of drug-likeness (QED) is 0.0829. The Morgan fingerprint density at radius 1 is 0.561 bits per heavy atom. The second-order valence-electron chi connectivity index (χ2n) is 24.6. The summed E-state index contributed by atoms with van der Waals surface area (Å²) in [6, 6.07) is 12.1. The number of likely N-dealkylation sites (tertiary alicyclic amines) is 2. The van der Waals surface area contributed by atoms with Gasteiger partial charge in [-0.15, -0.1) is 0 Å². The summed E-state index contributed by atoms with van der Waals surface area (Å²) in [6.07, 6.45) is 4.83. The maximum absolute atomic E-state index is 14.9. The van der Waals surface area contributed by atoms with Crippen molar-refractivity contribution < 1.29 is 43.2 Å². The molecule has 7 rings (SSSR count). The van der Waals surface area contributed by atoms with Gasteiger partial charge in [0.25, 0.3) is 17.7 Å². The van der Waals surface area contributed by atoms with Gasteiger partial charge in [-0.3, -0.25) is 43.2 Å². The van der Waals surface area contributed by atoms with E-state index in [-0.39, 0.29) is 67.8 Å². The summed E-state index contributed by atoms with van der Waals surface area (Å²) in [5.41, 5.74) is 8.20. The molecule has 0 aromatic heterocycles. The highest BCUT2D eigenvalue weighted by Gasteiger charge is 2.48. The van der Waals surface area contributed by atoms with Crippen LogP contribution >= 0.6 is 0 Å². The fraction of sp³-hybridized carbons (Fsp3) is 0.557. The zero-order valence-electron chi connectivity index (χ0n) is 49.3. The molecule has 2 saturated heterocycles. The molecular weight excluding hydrogens is 1040 g/mol. The third kappa shape index (κ3) is 14.9. The molecule has 0 spiro atoms. The van der Waals surface area contributed by atoms with Gasteiger partial charge in [0.1, 0.15) is 24.2 Å². The van der Waals surface area contributed by atoms with Crippen molar-refractivity contribution in [2.24, 2.45) is 16.6 Å².